The summed E-state index contributed by atoms with van der Waals surface area (Å²) in [4.78, 5) is 28.6. The van der Waals surface area contributed by atoms with Crippen LogP contribution in [0.25, 0.3) is 0 Å². The number of benzene rings is 3. The van der Waals surface area contributed by atoms with Crippen molar-refractivity contribution in [1.29, 1.82) is 0 Å². The lowest BCUT2D eigenvalue weighted by Gasteiger charge is -2.32. The predicted molar refractivity (Wildman–Crippen MR) is 141 cm³/mol. The minimum absolute atomic E-state index is 0.0207. The van der Waals surface area contributed by atoms with Crippen molar-refractivity contribution >= 4 is 35.0 Å². The SMILES string of the molecule is CCC(C)NC(=O)C(Cc1ccccc1)N(Cc1ccc(Cl)cc1)C(=O)COc1ccccc1Cl. The second-order valence-corrected chi connectivity index (χ2v) is 9.23. The molecule has 1 N–H and O–H groups in total. The van der Waals surface area contributed by atoms with Crippen LogP contribution >= 0.6 is 23.2 Å². The molecule has 0 aliphatic rings. The molecular formula is C28H30Cl2N2O3. The topological polar surface area (TPSA) is 58.6 Å². The molecule has 3 rings (SSSR count). The Morgan fingerprint density at radius 2 is 1.57 bits per heavy atom. The summed E-state index contributed by atoms with van der Waals surface area (Å²) in [6, 6.07) is 23.1. The molecule has 0 spiro atoms. The van der Waals surface area contributed by atoms with Gasteiger partial charge in [0, 0.05) is 24.0 Å². The van der Waals surface area contributed by atoms with E-state index >= 15 is 0 Å². The fraction of sp³-hybridized carbons (Fsp3) is 0.286. The maximum Gasteiger partial charge on any atom is 0.261 e. The summed E-state index contributed by atoms with van der Waals surface area (Å²) >= 11 is 12.3. The Hall–Kier alpha value is -3.02. The molecule has 7 heteroatoms. The smallest absolute Gasteiger partial charge is 0.261 e. The number of carbonyl (C=O) groups is 2. The summed E-state index contributed by atoms with van der Waals surface area (Å²) in [7, 11) is 0. The molecule has 0 fully saturated rings. The Morgan fingerprint density at radius 3 is 2.23 bits per heavy atom. The number of para-hydroxylation sites is 1. The molecule has 0 aliphatic heterocycles. The molecule has 0 bridgehead atoms. The van der Waals surface area contributed by atoms with Crippen molar-refractivity contribution in [3.05, 3.63) is 100 Å². The fourth-order valence-electron chi connectivity index (χ4n) is 3.57. The highest BCUT2D eigenvalue weighted by Crippen LogP contribution is 2.24. The van der Waals surface area contributed by atoms with E-state index in [1.807, 2.05) is 56.3 Å². The van der Waals surface area contributed by atoms with Crippen molar-refractivity contribution in [3.63, 3.8) is 0 Å². The number of nitrogens with one attached hydrogen (secondary N) is 1. The van der Waals surface area contributed by atoms with E-state index in [0.29, 0.717) is 22.2 Å². The van der Waals surface area contributed by atoms with Gasteiger partial charge in [-0.05, 0) is 48.7 Å². The lowest BCUT2D eigenvalue weighted by molar-refractivity contribution is -0.143. The first-order chi connectivity index (χ1) is 16.9. The van der Waals surface area contributed by atoms with E-state index in [4.69, 9.17) is 27.9 Å². The lowest BCUT2D eigenvalue weighted by atomic mass is 10.0. The Kier molecular flexibility index (Phi) is 10.0. The zero-order chi connectivity index (χ0) is 25.2. The summed E-state index contributed by atoms with van der Waals surface area (Å²) in [6.07, 6.45) is 1.15. The van der Waals surface area contributed by atoms with Gasteiger partial charge in [0.25, 0.3) is 5.91 Å². The summed E-state index contributed by atoms with van der Waals surface area (Å²) in [5, 5.41) is 4.06. The van der Waals surface area contributed by atoms with Crippen LogP contribution in [0.3, 0.4) is 0 Å². The Morgan fingerprint density at radius 1 is 0.914 bits per heavy atom. The molecule has 0 saturated heterocycles. The Labute approximate surface area is 217 Å². The average Bonchev–Trinajstić information content (AvgIpc) is 2.87. The van der Waals surface area contributed by atoms with Gasteiger partial charge >= 0.3 is 0 Å². The van der Waals surface area contributed by atoms with Crippen LogP contribution in [0.4, 0.5) is 0 Å². The van der Waals surface area contributed by atoms with Crippen molar-refractivity contribution in [2.24, 2.45) is 0 Å². The Balaban J connectivity index is 1.91. The zero-order valence-corrected chi connectivity index (χ0v) is 21.4. The molecule has 2 unspecified atom stereocenters. The number of carbonyl (C=O) groups excluding carboxylic acids is 2. The van der Waals surface area contributed by atoms with Crippen LogP contribution in [0.2, 0.25) is 10.0 Å². The highest BCUT2D eigenvalue weighted by molar-refractivity contribution is 6.32. The third kappa shape index (κ3) is 8.01. The molecular weight excluding hydrogens is 483 g/mol. The van der Waals surface area contributed by atoms with Crippen LogP contribution in [-0.2, 0) is 22.6 Å². The van der Waals surface area contributed by atoms with Crippen molar-refractivity contribution in [1.82, 2.24) is 10.2 Å². The van der Waals surface area contributed by atoms with Gasteiger partial charge in [-0.2, -0.15) is 0 Å². The Bertz CT molecular complexity index is 1110. The van der Waals surface area contributed by atoms with E-state index in [0.717, 1.165) is 17.5 Å². The first-order valence-corrected chi connectivity index (χ1v) is 12.4. The second-order valence-electron chi connectivity index (χ2n) is 8.39. The van der Waals surface area contributed by atoms with E-state index in [9.17, 15) is 9.59 Å². The van der Waals surface area contributed by atoms with E-state index in [-0.39, 0.29) is 31.0 Å². The molecule has 184 valence electrons. The number of hydrogen-bond donors (Lipinski definition) is 1. The molecule has 0 aromatic heterocycles. The standard InChI is InChI=1S/C28H30Cl2N2O3/c1-3-20(2)31-28(34)25(17-21-9-5-4-6-10-21)32(18-22-13-15-23(29)16-14-22)27(33)19-35-26-12-8-7-11-24(26)30/h4-16,20,25H,3,17-19H2,1-2H3,(H,31,34). The largest absolute Gasteiger partial charge is 0.482 e. The minimum Gasteiger partial charge on any atom is -0.482 e. The molecule has 3 aromatic rings. The first kappa shape index (κ1) is 26.6. The maximum atomic E-state index is 13.5. The molecule has 2 amide bonds. The maximum absolute atomic E-state index is 13.5. The number of rotatable bonds is 11. The van der Waals surface area contributed by atoms with Crippen molar-refractivity contribution in [2.45, 2.75) is 45.3 Å². The number of hydrogen-bond acceptors (Lipinski definition) is 3. The highest BCUT2D eigenvalue weighted by Gasteiger charge is 2.31. The number of ether oxygens (including phenoxy) is 1. The van der Waals surface area contributed by atoms with Crippen LogP contribution in [0.1, 0.15) is 31.4 Å². The lowest BCUT2D eigenvalue weighted by Crippen LogP contribution is -2.53. The quantitative estimate of drug-likeness (QED) is 0.346. The zero-order valence-electron chi connectivity index (χ0n) is 19.9. The van der Waals surface area contributed by atoms with E-state index in [2.05, 4.69) is 5.32 Å². The normalized spacial score (nSPS) is 12.5. The van der Waals surface area contributed by atoms with E-state index < -0.39 is 6.04 Å². The molecule has 3 aromatic carbocycles. The predicted octanol–water partition coefficient (Wildman–Crippen LogP) is 5.93. The van der Waals surface area contributed by atoms with Gasteiger partial charge in [0.05, 0.1) is 5.02 Å². The van der Waals surface area contributed by atoms with Crippen LogP contribution in [0.15, 0.2) is 78.9 Å². The number of nitrogens with zero attached hydrogens (tertiary/aromatic N) is 1. The molecule has 0 saturated carbocycles. The summed E-state index contributed by atoms with van der Waals surface area (Å²) in [6.45, 7) is 3.93. The number of halogens is 2. The van der Waals surface area contributed by atoms with Gasteiger partial charge in [0.15, 0.2) is 6.61 Å². The molecule has 2 atom stereocenters. The summed E-state index contributed by atoms with van der Waals surface area (Å²) < 4.78 is 5.74. The van der Waals surface area contributed by atoms with Crippen LogP contribution in [-0.4, -0.2) is 35.4 Å². The van der Waals surface area contributed by atoms with Crippen LogP contribution in [0.5, 0.6) is 5.75 Å². The van der Waals surface area contributed by atoms with Gasteiger partial charge < -0.3 is 15.0 Å². The third-order valence-electron chi connectivity index (χ3n) is 5.73. The molecule has 0 radical (unpaired) electrons. The van der Waals surface area contributed by atoms with Crippen molar-refractivity contribution in [3.8, 4) is 5.75 Å². The van der Waals surface area contributed by atoms with Gasteiger partial charge in [0.2, 0.25) is 5.91 Å². The molecule has 0 heterocycles. The van der Waals surface area contributed by atoms with Crippen molar-refractivity contribution in [2.75, 3.05) is 6.61 Å². The fourth-order valence-corrected chi connectivity index (χ4v) is 3.88. The van der Waals surface area contributed by atoms with Gasteiger partial charge in [-0.1, -0.05) is 84.7 Å². The average molecular weight is 513 g/mol. The van der Waals surface area contributed by atoms with Crippen LogP contribution < -0.4 is 10.1 Å². The molecule has 5 nitrogen and oxygen atoms in total. The summed E-state index contributed by atoms with van der Waals surface area (Å²) in [5.41, 5.74) is 1.81. The van der Waals surface area contributed by atoms with Gasteiger partial charge in [-0.3, -0.25) is 9.59 Å². The monoisotopic (exact) mass is 512 g/mol. The van der Waals surface area contributed by atoms with Gasteiger partial charge in [-0.15, -0.1) is 0 Å². The highest BCUT2D eigenvalue weighted by atomic mass is 35.5. The van der Waals surface area contributed by atoms with Crippen LogP contribution in [0, 0.1) is 0 Å². The van der Waals surface area contributed by atoms with Gasteiger partial charge in [-0.25, -0.2) is 0 Å². The minimum atomic E-state index is -0.732. The third-order valence-corrected chi connectivity index (χ3v) is 6.29. The van der Waals surface area contributed by atoms with E-state index in [1.54, 1.807) is 41.3 Å². The van der Waals surface area contributed by atoms with E-state index in [1.165, 1.54) is 0 Å². The number of amides is 2. The molecule has 35 heavy (non-hydrogen) atoms. The summed E-state index contributed by atoms with van der Waals surface area (Å²) in [5.74, 6) is -0.110. The first-order valence-electron chi connectivity index (χ1n) is 11.6. The molecule has 0 aliphatic carbocycles. The second kappa shape index (κ2) is 13.2. The van der Waals surface area contributed by atoms with Crippen molar-refractivity contribution < 1.29 is 14.3 Å². The van der Waals surface area contributed by atoms with Gasteiger partial charge in [0.1, 0.15) is 11.8 Å².